The minimum Gasteiger partial charge on any atom is -0.483 e. The fourth-order valence-electron chi connectivity index (χ4n) is 8.29. The molecule has 0 aromatic heterocycles. The Morgan fingerprint density at radius 3 is 1.86 bits per heavy atom. The molecule has 4 fully saturated rings. The summed E-state index contributed by atoms with van der Waals surface area (Å²) in [6.45, 7) is 23.2. The van der Waals surface area contributed by atoms with Crippen LogP contribution in [-0.4, -0.2) is 22.3 Å². The van der Waals surface area contributed by atoms with Crippen LogP contribution in [0.3, 0.4) is 0 Å². The van der Waals surface area contributed by atoms with Gasteiger partial charge in [-0.2, -0.15) is 0 Å². The number of hydrogen-bond acceptors (Lipinski definition) is 2. The molecule has 212 valence electrons. The van der Waals surface area contributed by atoms with Gasteiger partial charge in [0, 0.05) is 0 Å². The first-order chi connectivity index (χ1) is 16.9. The molecule has 0 amide bonds. The maximum atomic E-state index is 11.5. The van der Waals surface area contributed by atoms with Gasteiger partial charge in [0.25, 0.3) is 6.47 Å². The zero-order valence-electron chi connectivity index (χ0n) is 25.9. The predicted molar refractivity (Wildman–Crippen MR) is 155 cm³/mol. The number of hydrogen-bond donors (Lipinski definition) is 2. The van der Waals surface area contributed by atoms with E-state index in [1.807, 2.05) is 55.4 Å². The minimum atomic E-state index is -0.333. The average molecular weight is 499 g/mol. The number of rotatable bonds is 3. The summed E-state index contributed by atoms with van der Waals surface area (Å²) in [6.07, 6.45) is 17.5. The Labute approximate surface area is 221 Å². The lowest BCUT2D eigenvalue weighted by Gasteiger charge is -2.63. The van der Waals surface area contributed by atoms with E-state index in [9.17, 15) is 5.11 Å². The maximum absolute atomic E-state index is 11.5. The van der Waals surface area contributed by atoms with Gasteiger partial charge >= 0.3 is 0 Å². The van der Waals surface area contributed by atoms with E-state index in [0.717, 1.165) is 36.5 Å². The number of aliphatic hydroxyl groups is 1. The van der Waals surface area contributed by atoms with E-state index in [2.05, 4.69) is 20.8 Å². The van der Waals surface area contributed by atoms with Crippen LogP contribution < -0.4 is 0 Å². The van der Waals surface area contributed by atoms with Gasteiger partial charge < -0.3 is 10.2 Å². The molecule has 0 saturated heterocycles. The first-order valence-electron chi connectivity index (χ1n) is 15.7. The highest BCUT2D eigenvalue weighted by molar-refractivity contribution is 5.32. The van der Waals surface area contributed by atoms with E-state index in [1.54, 1.807) is 0 Å². The summed E-state index contributed by atoms with van der Waals surface area (Å²) in [5.41, 5.74) is 0.508. The van der Waals surface area contributed by atoms with Crippen molar-refractivity contribution in [2.24, 2.45) is 34.5 Å². The van der Waals surface area contributed by atoms with Crippen molar-refractivity contribution in [2.75, 3.05) is 0 Å². The van der Waals surface area contributed by atoms with Crippen LogP contribution in [0.15, 0.2) is 0 Å². The second kappa shape index (κ2) is 18.6. The third-order valence-corrected chi connectivity index (χ3v) is 9.85. The van der Waals surface area contributed by atoms with Crippen LogP contribution in [0, 0.1) is 34.5 Å². The van der Waals surface area contributed by atoms with E-state index >= 15 is 0 Å². The Kier molecular flexibility index (Phi) is 19.5. The molecule has 7 atom stereocenters. The molecule has 0 spiro atoms. The molecule has 0 bridgehead atoms. The lowest BCUT2D eigenvalue weighted by molar-refractivity contribution is -0.204. The SMILES string of the molecule is CC.CC.CC.CC.CCCCC1CCC2C3CCC4(O)CCCCC4(C)C3CCC12C.O=CO. The Morgan fingerprint density at radius 1 is 0.771 bits per heavy atom. The van der Waals surface area contributed by atoms with E-state index in [-0.39, 0.29) is 17.5 Å². The largest absolute Gasteiger partial charge is 0.483 e. The molecule has 2 N–H and O–H groups in total. The highest BCUT2D eigenvalue weighted by Gasteiger charge is 2.63. The summed E-state index contributed by atoms with van der Waals surface area (Å²) in [6, 6.07) is 0. The molecule has 3 nitrogen and oxygen atoms in total. The van der Waals surface area contributed by atoms with Gasteiger partial charge in [0.1, 0.15) is 0 Å². The number of unbranched alkanes of at least 4 members (excludes halogenated alkanes) is 1. The summed E-state index contributed by atoms with van der Waals surface area (Å²) in [5.74, 6) is 3.67. The average Bonchev–Trinajstić information content (AvgIpc) is 3.24. The fourth-order valence-corrected chi connectivity index (χ4v) is 8.29. The molecule has 0 aromatic carbocycles. The third-order valence-electron chi connectivity index (χ3n) is 9.85. The second-order valence-electron chi connectivity index (χ2n) is 10.6. The molecule has 0 aromatic rings. The zero-order valence-corrected chi connectivity index (χ0v) is 25.9. The Hall–Kier alpha value is -0.570. The number of carboxylic acid groups (broad SMARTS) is 1. The molecule has 4 saturated carbocycles. The van der Waals surface area contributed by atoms with Crippen molar-refractivity contribution in [2.45, 2.75) is 165 Å². The molecule has 0 heterocycles. The Balaban J connectivity index is 0. The summed E-state index contributed by atoms with van der Waals surface area (Å²) < 4.78 is 0. The van der Waals surface area contributed by atoms with Crippen molar-refractivity contribution in [1.82, 2.24) is 0 Å². The number of carbonyl (C=O) groups is 1. The van der Waals surface area contributed by atoms with Gasteiger partial charge in [-0.25, -0.2) is 0 Å². The van der Waals surface area contributed by atoms with Crippen LogP contribution in [0.1, 0.15) is 160 Å². The van der Waals surface area contributed by atoms with Gasteiger partial charge in [0.05, 0.1) is 5.60 Å². The first kappa shape index (κ1) is 36.6. The maximum Gasteiger partial charge on any atom is 0.290 e. The van der Waals surface area contributed by atoms with E-state index in [0.29, 0.717) is 5.41 Å². The van der Waals surface area contributed by atoms with Gasteiger partial charge in [-0.1, -0.05) is 102 Å². The van der Waals surface area contributed by atoms with Crippen molar-refractivity contribution >= 4 is 6.47 Å². The molecular formula is C32H66O3. The molecular weight excluding hydrogens is 432 g/mol. The van der Waals surface area contributed by atoms with E-state index < -0.39 is 0 Å². The monoisotopic (exact) mass is 499 g/mol. The highest BCUT2D eigenvalue weighted by atomic mass is 16.3. The summed E-state index contributed by atoms with van der Waals surface area (Å²) in [7, 11) is 0. The summed E-state index contributed by atoms with van der Waals surface area (Å²) in [5, 5.41) is 18.4. The van der Waals surface area contributed by atoms with Crippen LogP contribution in [0.4, 0.5) is 0 Å². The standard InChI is InChI=1S/C23H40O.4C2H6.CH2O2/c1-4-5-8-17-9-10-19-18-11-16-23(24)14-7-6-13-22(23,3)20(18)12-15-21(17,19)2;4*1-2;2-1-3/h17-20,24H,4-16H2,1-3H3;4*1-2H3;1H,(H,2,3). The first-order valence-corrected chi connectivity index (χ1v) is 15.7. The molecule has 4 aliphatic rings. The van der Waals surface area contributed by atoms with Gasteiger partial charge in [0.2, 0.25) is 0 Å². The molecule has 0 aliphatic heterocycles. The highest BCUT2D eigenvalue weighted by Crippen LogP contribution is 2.68. The Bertz CT molecular complexity index is 521. The van der Waals surface area contributed by atoms with Crippen LogP contribution in [0.2, 0.25) is 0 Å². The minimum absolute atomic E-state index is 0.219. The fraction of sp³-hybridized carbons (Fsp3) is 0.969. The molecule has 4 rings (SSSR count). The molecule has 0 radical (unpaired) electrons. The van der Waals surface area contributed by atoms with Crippen molar-refractivity contribution in [3.63, 3.8) is 0 Å². The smallest absolute Gasteiger partial charge is 0.290 e. The lowest BCUT2D eigenvalue weighted by Crippen LogP contribution is -2.61. The molecule has 35 heavy (non-hydrogen) atoms. The zero-order chi connectivity index (χ0) is 27.7. The van der Waals surface area contributed by atoms with E-state index in [1.165, 1.54) is 70.6 Å². The lowest BCUT2D eigenvalue weighted by atomic mass is 9.43. The van der Waals surface area contributed by atoms with Gasteiger partial charge in [-0.05, 0) is 92.3 Å². The van der Waals surface area contributed by atoms with Gasteiger partial charge in [-0.3, -0.25) is 4.79 Å². The van der Waals surface area contributed by atoms with Gasteiger partial charge in [-0.15, -0.1) is 0 Å². The number of fused-ring (bicyclic) bond motifs is 5. The van der Waals surface area contributed by atoms with Crippen LogP contribution in [0.5, 0.6) is 0 Å². The Morgan fingerprint density at radius 2 is 1.31 bits per heavy atom. The van der Waals surface area contributed by atoms with Crippen LogP contribution in [-0.2, 0) is 4.79 Å². The summed E-state index contributed by atoms with van der Waals surface area (Å²) >= 11 is 0. The molecule has 3 heteroatoms. The second-order valence-corrected chi connectivity index (χ2v) is 10.6. The summed E-state index contributed by atoms with van der Waals surface area (Å²) in [4.78, 5) is 8.36. The normalized spacial score (nSPS) is 38.1. The third kappa shape index (κ3) is 7.96. The van der Waals surface area contributed by atoms with Crippen LogP contribution >= 0.6 is 0 Å². The van der Waals surface area contributed by atoms with Crippen molar-refractivity contribution < 1.29 is 15.0 Å². The van der Waals surface area contributed by atoms with Crippen LogP contribution in [0.25, 0.3) is 0 Å². The van der Waals surface area contributed by atoms with Crippen molar-refractivity contribution in [1.29, 1.82) is 0 Å². The predicted octanol–water partition coefficient (Wildman–Crippen LogP) is 10.1. The topological polar surface area (TPSA) is 57.5 Å². The quantitative estimate of drug-likeness (QED) is 0.380. The van der Waals surface area contributed by atoms with Crippen molar-refractivity contribution in [3.05, 3.63) is 0 Å². The van der Waals surface area contributed by atoms with Crippen molar-refractivity contribution in [3.8, 4) is 0 Å². The molecule has 7 unspecified atom stereocenters. The molecule has 4 aliphatic carbocycles. The van der Waals surface area contributed by atoms with E-state index in [4.69, 9.17) is 9.90 Å². The van der Waals surface area contributed by atoms with Gasteiger partial charge in [0.15, 0.2) is 0 Å².